The van der Waals surface area contributed by atoms with Gasteiger partial charge in [-0.05, 0) is 50.1 Å². The third kappa shape index (κ3) is 7.59. The molecule has 1 atom stereocenters. The molecular formula is C21H27ClN2O4S. The van der Waals surface area contributed by atoms with Gasteiger partial charge in [0.25, 0.3) is 0 Å². The third-order valence-corrected chi connectivity index (χ3v) is 5.68. The van der Waals surface area contributed by atoms with E-state index in [0.717, 1.165) is 17.6 Å². The minimum atomic E-state index is -3.48. The topological polar surface area (TPSA) is 75.7 Å². The summed E-state index contributed by atoms with van der Waals surface area (Å²) in [6, 6.07) is 14.2. The second kappa shape index (κ2) is 10.5. The monoisotopic (exact) mass is 438 g/mol. The molecule has 8 heteroatoms. The summed E-state index contributed by atoms with van der Waals surface area (Å²) in [5.74, 6) is 0.643. The maximum absolute atomic E-state index is 12.2. The highest BCUT2D eigenvalue weighted by atomic mass is 35.5. The van der Waals surface area contributed by atoms with Crippen LogP contribution < -0.4 is 14.4 Å². The van der Waals surface area contributed by atoms with Crippen molar-refractivity contribution in [1.29, 1.82) is 0 Å². The Morgan fingerprint density at radius 3 is 2.59 bits per heavy atom. The Morgan fingerprint density at radius 1 is 1.21 bits per heavy atom. The molecule has 0 bridgehead atoms. The van der Waals surface area contributed by atoms with Crippen LogP contribution in [0.15, 0.2) is 48.5 Å². The van der Waals surface area contributed by atoms with Gasteiger partial charge in [-0.15, -0.1) is 0 Å². The SMILES string of the molecule is Cc1ccccc1OCC(C)NC(=O)CCCN(c1cccc(Cl)c1)S(C)(=O)=O. The fraction of sp³-hybridized carbons (Fsp3) is 0.381. The van der Waals surface area contributed by atoms with Crippen molar-refractivity contribution < 1.29 is 17.9 Å². The summed E-state index contributed by atoms with van der Waals surface area (Å²) in [6.07, 6.45) is 1.73. The summed E-state index contributed by atoms with van der Waals surface area (Å²) >= 11 is 5.97. The number of sulfonamides is 1. The quantitative estimate of drug-likeness (QED) is 0.612. The van der Waals surface area contributed by atoms with Gasteiger partial charge in [-0.3, -0.25) is 9.10 Å². The van der Waals surface area contributed by atoms with E-state index in [1.54, 1.807) is 24.3 Å². The van der Waals surface area contributed by atoms with E-state index in [9.17, 15) is 13.2 Å². The summed E-state index contributed by atoms with van der Waals surface area (Å²) in [4.78, 5) is 12.2. The average molecular weight is 439 g/mol. The van der Waals surface area contributed by atoms with Gasteiger partial charge in [0.05, 0.1) is 18.0 Å². The Bertz CT molecular complexity index is 934. The molecule has 0 spiro atoms. The number of ether oxygens (including phenoxy) is 1. The van der Waals surface area contributed by atoms with E-state index in [1.807, 2.05) is 38.1 Å². The van der Waals surface area contributed by atoms with Gasteiger partial charge in [-0.2, -0.15) is 0 Å². The fourth-order valence-electron chi connectivity index (χ4n) is 2.82. The molecule has 29 heavy (non-hydrogen) atoms. The molecule has 1 unspecified atom stereocenters. The van der Waals surface area contributed by atoms with E-state index in [-0.39, 0.29) is 24.9 Å². The van der Waals surface area contributed by atoms with Gasteiger partial charge in [0.15, 0.2) is 0 Å². The van der Waals surface area contributed by atoms with Gasteiger partial charge in [0.2, 0.25) is 15.9 Å². The predicted octanol–water partition coefficient (Wildman–Crippen LogP) is 3.78. The van der Waals surface area contributed by atoms with Gasteiger partial charge in [0.1, 0.15) is 12.4 Å². The Morgan fingerprint density at radius 2 is 1.93 bits per heavy atom. The maximum atomic E-state index is 12.2. The molecule has 0 heterocycles. The van der Waals surface area contributed by atoms with Crippen LogP contribution in [0.1, 0.15) is 25.3 Å². The summed E-state index contributed by atoms with van der Waals surface area (Å²) in [5, 5.41) is 3.33. The van der Waals surface area contributed by atoms with E-state index in [2.05, 4.69) is 5.32 Å². The standard InChI is InChI=1S/C21H27ClN2O4S/c1-16-8-4-5-11-20(16)28-15-17(2)23-21(25)12-7-13-24(29(3,26)27)19-10-6-9-18(22)14-19/h4-6,8-11,14,17H,7,12-13,15H2,1-3H3,(H,23,25). The van der Waals surface area contributed by atoms with Gasteiger partial charge in [-0.1, -0.05) is 35.9 Å². The predicted molar refractivity (Wildman–Crippen MR) is 117 cm³/mol. The van der Waals surface area contributed by atoms with Crippen LogP contribution in [-0.2, 0) is 14.8 Å². The normalized spacial score (nSPS) is 12.3. The van der Waals surface area contributed by atoms with Crippen molar-refractivity contribution in [2.24, 2.45) is 0 Å². The van der Waals surface area contributed by atoms with Crippen LogP contribution in [0.25, 0.3) is 0 Å². The molecule has 0 fully saturated rings. The number of halogens is 1. The number of amides is 1. The second-order valence-electron chi connectivity index (χ2n) is 6.96. The lowest BCUT2D eigenvalue weighted by Crippen LogP contribution is -2.37. The lowest BCUT2D eigenvalue weighted by molar-refractivity contribution is -0.121. The second-order valence-corrected chi connectivity index (χ2v) is 9.31. The van der Waals surface area contributed by atoms with Crippen LogP contribution in [0.4, 0.5) is 5.69 Å². The number of rotatable bonds is 10. The number of aryl methyl sites for hydroxylation is 1. The minimum absolute atomic E-state index is 0.148. The van der Waals surface area contributed by atoms with E-state index < -0.39 is 10.0 Å². The van der Waals surface area contributed by atoms with Crippen molar-refractivity contribution in [3.8, 4) is 5.75 Å². The summed E-state index contributed by atoms with van der Waals surface area (Å²) < 4.78 is 31.2. The van der Waals surface area contributed by atoms with Crippen molar-refractivity contribution in [3.05, 3.63) is 59.1 Å². The van der Waals surface area contributed by atoms with Crippen LogP contribution >= 0.6 is 11.6 Å². The zero-order valence-corrected chi connectivity index (χ0v) is 18.5. The van der Waals surface area contributed by atoms with Crippen molar-refractivity contribution in [1.82, 2.24) is 5.32 Å². The van der Waals surface area contributed by atoms with E-state index in [0.29, 0.717) is 23.7 Å². The molecular weight excluding hydrogens is 412 g/mol. The number of benzene rings is 2. The van der Waals surface area contributed by atoms with Crippen LogP contribution in [-0.4, -0.2) is 39.8 Å². The molecule has 0 aromatic heterocycles. The average Bonchev–Trinajstić information content (AvgIpc) is 2.63. The van der Waals surface area contributed by atoms with Crippen molar-refractivity contribution >= 4 is 33.2 Å². The number of nitrogens with one attached hydrogen (secondary N) is 1. The number of carbonyl (C=O) groups excluding carboxylic acids is 1. The highest BCUT2D eigenvalue weighted by Crippen LogP contribution is 2.22. The number of hydrogen-bond acceptors (Lipinski definition) is 4. The Hall–Kier alpha value is -2.25. The van der Waals surface area contributed by atoms with Crippen molar-refractivity contribution in [3.63, 3.8) is 0 Å². The summed E-state index contributed by atoms with van der Waals surface area (Å²) in [5.41, 5.74) is 1.52. The summed E-state index contributed by atoms with van der Waals surface area (Å²) in [6.45, 7) is 4.38. The molecule has 0 aliphatic carbocycles. The molecule has 2 aromatic rings. The van der Waals surface area contributed by atoms with E-state index in [4.69, 9.17) is 16.3 Å². The molecule has 6 nitrogen and oxygen atoms in total. The lowest BCUT2D eigenvalue weighted by Gasteiger charge is -2.22. The smallest absolute Gasteiger partial charge is 0.232 e. The summed E-state index contributed by atoms with van der Waals surface area (Å²) in [7, 11) is -3.48. The van der Waals surface area contributed by atoms with Crippen LogP contribution in [0.3, 0.4) is 0 Å². The number of carbonyl (C=O) groups is 1. The van der Waals surface area contributed by atoms with Crippen molar-refractivity contribution in [2.75, 3.05) is 23.7 Å². The molecule has 0 aliphatic heterocycles. The number of hydrogen-bond donors (Lipinski definition) is 1. The first-order valence-electron chi connectivity index (χ1n) is 9.38. The zero-order valence-electron chi connectivity index (χ0n) is 16.9. The van der Waals surface area contributed by atoms with Gasteiger partial charge in [-0.25, -0.2) is 8.42 Å². The number of para-hydroxylation sites is 1. The first-order chi connectivity index (χ1) is 13.7. The van der Waals surface area contributed by atoms with Crippen molar-refractivity contribution in [2.45, 2.75) is 32.7 Å². The molecule has 0 saturated heterocycles. The zero-order chi connectivity index (χ0) is 21.4. The lowest BCUT2D eigenvalue weighted by atomic mass is 10.2. The van der Waals surface area contributed by atoms with Crippen LogP contribution in [0, 0.1) is 6.92 Å². The van der Waals surface area contributed by atoms with Crippen LogP contribution in [0.5, 0.6) is 5.75 Å². The molecule has 0 saturated carbocycles. The highest BCUT2D eigenvalue weighted by Gasteiger charge is 2.18. The first-order valence-corrected chi connectivity index (χ1v) is 11.6. The Balaban J connectivity index is 1.82. The Labute approximate surface area is 177 Å². The van der Waals surface area contributed by atoms with Gasteiger partial charge in [0, 0.05) is 18.0 Å². The van der Waals surface area contributed by atoms with Gasteiger partial charge < -0.3 is 10.1 Å². The highest BCUT2D eigenvalue weighted by molar-refractivity contribution is 7.92. The molecule has 1 N–H and O–H groups in total. The van der Waals surface area contributed by atoms with Gasteiger partial charge >= 0.3 is 0 Å². The third-order valence-electron chi connectivity index (χ3n) is 4.25. The molecule has 2 rings (SSSR count). The minimum Gasteiger partial charge on any atom is -0.491 e. The van der Waals surface area contributed by atoms with Crippen LogP contribution in [0.2, 0.25) is 5.02 Å². The number of nitrogens with zero attached hydrogens (tertiary/aromatic N) is 1. The largest absolute Gasteiger partial charge is 0.491 e. The fourth-order valence-corrected chi connectivity index (χ4v) is 3.96. The van der Waals surface area contributed by atoms with E-state index >= 15 is 0 Å². The first kappa shape index (κ1) is 23.0. The molecule has 2 aromatic carbocycles. The molecule has 0 radical (unpaired) electrons. The molecule has 1 amide bonds. The van der Waals surface area contributed by atoms with E-state index in [1.165, 1.54) is 4.31 Å². The number of anilines is 1. The Kier molecular flexibility index (Phi) is 8.34. The molecule has 158 valence electrons. The maximum Gasteiger partial charge on any atom is 0.232 e. The molecule has 0 aliphatic rings.